The molecule has 1 heterocycles. The average Bonchev–Trinajstić information content (AvgIpc) is 2.43. The smallest absolute Gasteiger partial charge is 0.254 e. The maximum absolute atomic E-state index is 13.8. The van der Waals surface area contributed by atoms with Crippen molar-refractivity contribution in [2.75, 3.05) is 18.4 Å². The minimum Gasteiger partial charge on any atom is -0.348 e. The van der Waals surface area contributed by atoms with Crippen molar-refractivity contribution in [1.82, 2.24) is 10.6 Å². The van der Waals surface area contributed by atoms with Gasteiger partial charge in [0.2, 0.25) is 5.91 Å². The summed E-state index contributed by atoms with van der Waals surface area (Å²) in [6.07, 6.45) is 0.972. The molecule has 0 aromatic heterocycles. The van der Waals surface area contributed by atoms with Gasteiger partial charge >= 0.3 is 0 Å². The summed E-state index contributed by atoms with van der Waals surface area (Å²) in [4.78, 5) is 23.3. The first-order valence-corrected chi connectivity index (χ1v) is 7.06. The maximum Gasteiger partial charge on any atom is 0.254 e. The van der Waals surface area contributed by atoms with Gasteiger partial charge < -0.3 is 16.0 Å². The van der Waals surface area contributed by atoms with Crippen LogP contribution in [-0.4, -0.2) is 30.9 Å². The van der Waals surface area contributed by atoms with Crippen molar-refractivity contribution in [2.45, 2.75) is 26.3 Å². The van der Waals surface area contributed by atoms with E-state index in [-0.39, 0.29) is 17.5 Å². The van der Waals surface area contributed by atoms with E-state index in [2.05, 4.69) is 22.9 Å². The van der Waals surface area contributed by atoms with E-state index in [4.69, 9.17) is 0 Å². The second-order valence-corrected chi connectivity index (χ2v) is 5.43. The second kappa shape index (κ2) is 6.67. The van der Waals surface area contributed by atoms with Gasteiger partial charge in [-0.3, -0.25) is 9.59 Å². The van der Waals surface area contributed by atoms with Crippen LogP contribution in [0, 0.1) is 11.7 Å². The number of carbonyl (C=O) groups excluding carboxylic acids is 2. The van der Waals surface area contributed by atoms with Crippen LogP contribution >= 0.6 is 0 Å². The Bertz CT molecular complexity index is 548. The van der Waals surface area contributed by atoms with E-state index in [1.54, 1.807) is 0 Å². The van der Waals surface area contributed by atoms with Gasteiger partial charge in [-0.2, -0.15) is 0 Å². The average molecular weight is 293 g/mol. The number of rotatable bonds is 3. The quantitative estimate of drug-likeness (QED) is 0.791. The number of benzene rings is 1. The highest BCUT2D eigenvalue weighted by molar-refractivity contribution is 5.97. The Balaban J connectivity index is 2.12. The molecule has 0 saturated carbocycles. The lowest BCUT2D eigenvalue weighted by Gasteiger charge is -2.30. The van der Waals surface area contributed by atoms with E-state index < -0.39 is 11.7 Å². The molecular formula is C15H20FN3O2. The van der Waals surface area contributed by atoms with Gasteiger partial charge in [0.25, 0.3) is 5.91 Å². The van der Waals surface area contributed by atoms with Crippen LogP contribution in [0.5, 0.6) is 0 Å². The van der Waals surface area contributed by atoms with Crippen molar-refractivity contribution in [2.24, 2.45) is 5.92 Å². The first-order chi connectivity index (χ1) is 9.97. The van der Waals surface area contributed by atoms with Crippen LogP contribution < -0.4 is 16.0 Å². The SMILES string of the molecule is CC(=O)Nc1ccc(F)c(C(=O)NC2CNCCC2C)c1. The van der Waals surface area contributed by atoms with Crippen LogP contribution in [0.3, 0.4) is 0 Å². The molecule has 2 unspecified atom stereocenters. The number of hydrogen-bond donors (Lipinski definition) is 3. The van der Waals surface area contributed by atoms with E-state index in [0.717, 1.165) is 13.0 Å². The highest BCUT2D eigenvalue weighted by Crippen LogP contribution is 2.17. The molecule has 0 radical (unpaired) electrons. The van der Waals surface area contributed by atoms with Crippen LogP contribution in [-0.2, 0) is 4.79 Å². The van der Waals surface area contributed by atoms with Crippen LogP contribution in [0.15, 0.2) is 18.2 Å². The molecule has 0 bridgehead atoms. The fraction of sp³-hybridized carbons (Fsp3) is 0.467. The zero-order valence-corrected chi connectivity index (χ0v) is 12.2. The third-order valence-corrected chi connectivity index (χ3v) is 3.68. The van der Waals surface area contributed by atoms with Crippen molar-refractivity contribution in [1.29, 1.82) is 0 Å². The molecule has 1 aliphatic rings. The minimum absolute atomic E-state index is 0.0185. The van der Waals surface area contributed by atoms with Crippen LogP contribution in [0.4, 0.5) is 10.1 Å². The highest BCUT2D eigenvalue weighted by atomic mass is 19.1. The van der Waals surface area contributed by atoms with Crippen molar-refractivity contribution < 1.29 is 14.0 Å². The molecule has 21 heavy (non-hydrogen) atoms. The molecule has 2 rings (SSSR count). The molecule has 2 amide bonds. The predicted molar refractivity (Wildman–Crippen MR) is 78.6 cm³/mol. The molecule has 1 aromatic rings. The monoisotopic (exact) mass is 293 g/mol. The molecule has 5 nitrogen and oxygen atoms in total. The zero-order chi connectivity index (χ0) is 15.4. The van der Waals surface area contributed by atoms with Gasteiger partial charge in [0.1, 0.15) is 5.82 Å². The Morgan fingerprint density at radius 3 is 2.81 bits per heavy atom. The Morgan fingerprint density at radius 1 is 1.38 bits per heavy atom. The lowest BCUT2D eigenvalue weighted by Crippen LogP contribution is -2.50. The molecule has 1 fully saturated rings. The third kappa shape index (κ3) is 4.01. The standard InChI is InChI=1S/C15H20FN3O2/c1-9-5-6-17-8-14(9)19-15(21)12-7-11(18-10(2)20)3-4-13(12)16/h3-4,7,9,14,17H,5-6,8H2,1-2H3,(H,18,20)(H,19,21). The molecule has 6 heteroatoms. The summed E-state index contributed by atoms with van der Waals surface area (Å²) in [5, 5.41) is 8.60. The van der Waals surface area contributed by atoms with Crippen molar-refractivity contribution in [3.8, 4) is 0 Å². The molecule has 1 aliphatic heterocycles. The molecule has 1 saturated heterocycles. The van der Waals surface area contributed by atoms with Crippen LogP contribution in [0.25, 0.3) is 0 Å². The van der Waals surface area contributed by atoms with Gasteiger partial charge in [0, 0.05) is 25.2 Å². The normalized spacial score (nSPS) is 21.7. The Labute approximate surface area is 123 Å². The summed E-state index contributed by atoms with van der Waals surface area (Å²) in [6.45, 7) is 5.04. The largest absolute Gasteiger partial charge is 0.348 e. The summed E-state index contributed by atoms with van der Waals surface area (Å²) >= 11 is 0. The third-order valence-electron chi connectivity index (χ3n) is 3.68. The molecule has 1 aromatic carbocycles. The minimum atomic E-state index is -0.599. The topological polar surface area (TPSA) is 70.2 Å². The Hall–Kier alpha value is -1.95. The van der Waals surface area contributed by atoms with E-state index in [9.17, 15) is 14.0 Å². The summed E-state index contributed by atoms with van der Waals surface area (Å²) in [5.41, 5.74) is 0.350. The zero-order valence-electron chi connectivity index (χ0n) is 12.2. The number of hydrogen-bond acceptors (Lipinski definition) is 3. The van der Waals surface area contributed by atoms with Gasteiger partial charge in [-0.1, -0.05) is 6.92 Å². The molecular weight excluding hydrogens is 273 g/mol. The lowest BCUT2D eigenvalue weighted by atomic mass is 9.94. The number of halogens is 1. The maximum atomic E-state index is 13.8. The Kier molecular flexibility index (Phi) is 4.90. The van der Waals surface area contributed by atoms with E-state index in [1.807, 2.05) is 0 Å². The van der Waals surface area contributed by atoms with E-state index in [1.165, 1.54) is 25.1 Å². The predicted octanol–water partition coefficient (Wildman–Crippen LogP) is 1.51. The van der Waals surface area contributed by atoms with Gasteiger partial charge in [-0.15, -0.1) is 0 Å². The van der Waals surface area contributed by atoms with Gasteiger partial charge in [-0.25, -0.2) is 4.39 Å². The summed E-state index contributed by atoms with van der Waals surface area (Å²) in [7, 11) is 0. The van der Waals surface area contributed by atoms with Gasteiger partial charge in [0.15, 0.2) is 0 Å². The van der Waals surface area contributed by atoms with Crippen LogP contribution in [0.2, 0.25) is 0 Å². The summed E-state index contributed by atoms with van der Waals surface area (Å²) in [5.74, 6) is -0.979. The van der Waals surface area contributed by atoms with Crippen molar-refractivity contribution in [3.05, 3.63) is 29.6 Å². The van der Waals surface area contributed by atoms with Crippen LogP contribution in [0.1, 0.15) is 30.6 Å². The van der Waals surface area contributed by atoms with E-state index in [0.29, 0.717) is 18.2 Å². The lowest BCUT2D eigenvalue weighted by molar-refractivity contribution is -0.114. The molecule has 0 spiro atoms. The number of carbonyl (C=O) groups is 2. The highest BCUT2D eigenvalue weighted by Gasteiger charge is 2.24. The first kappa shape index (κ1) is 15.4. The molecule has 3 N–H and O–H groups in total. The summed E-state index contributed by atoms with van der Waals surface area (Å²) < 4.78 is 13.8. The molecule has 0 aliphatic carbocycles. The number of nitrogens with one attached hydrogen (secondary N) is 3. The van der Waals surface area contributed by atoms with Crippen molar-refractivity contribution in [3.63, 3.8) is 0 Å². The Morgan fingerprint density at radius 2 is 2.14 bits per heavy atom. The first-order valence-electron chi connectivity index (χ1n) is 7.06. The van der Waals surface area contributed by atoms with Gasteiger partial charge in [0.05, 0.1) is 5.56 Å². The fourth-order valence-electron chi connectivity index (χ4n) is 2.41. The van der Waals surface area contributed by atoms with Gasteiger partial charge in [-0.05, 0) is 37.1 Å². The van der Waals surface area contributed by atoms with Crippen molar-refractivity contribution >= 4 is 17.5 Å². The second-order valence-electron chi connectivity index (χ2n) is 5.43. The fourth-order valence-corrected chi connectivity index (χ4v) is 2.41. The van der Waals surface area contributed by atoms with E-state index >= 15 is 0 Å². The summed E-state index contributed by atoms with van der Waals surface area (Å²) in [6, 6.07) is 3.95. The molecule has 114 valence electrons. The number of anilines is 1. The number of amides is 2. The molecule has 2 atom stereocenters. The number of piperidine rings is 1.